The Labute approximate surface area is 163 Å². The summed E-state index contributed by atoms with van der Waals surface area (Å²) in [5, 5.41) is 4.16. The average Bonchev–Trinajstić information content (AvgIpc) is 3.34. The molecule has 5 rings (SSSR count). The summed E-state index contributed by atoms with van der Waals surface area (Å²) in [6.07, 6.45) is 0. The van der Waals surface area contributed by atoms with Crippen LogP contribution in [0.15, 0.2) is 51.7 Å². The number of rotatable bonds is 3. The first kappa shape index (κ1) is 16.8. The van der Waals surface area contributed by atoms with Crippen LogP contribution < -0.4 is 20.4 Å². The van der Waals surface area contributed by atoms with E-state index in [0.717, 1.165) is 21.2 Å². The van der Waals surface area contributed by atoms with Crippen molar-refractivity contribution in [3.63, 3.8) is 0 Å². The summed E-state index contributed by atoms with van der Waals surface area (Å²) in [5.74, 6) is 1.14. The van der Waals surface area contributed by atoms with Crippen LogP contribution in [0.3, 0.4) is 0 Å². The zero-order valence-corrected chi connectivity index (χ0v) is 15.7. The molecule has 1 aliphatic heterocycles. The molecule has 2 aromatic carbocycles. The van der Waals surface area contributed by atoms with Crippen molar-refractivity contribution in [3.05, 3.63) is 68.9 Å². The van der Waals surface area contributed by atoms with E-state index in [2.05, 4.69) is 5.32 Å². The van der Waals surface area contributed by atoms with Crippen molar-refractivity contribution in [3.8, 4) is 11.5 Å². The van der Waals surface area contributed by atoms with Gasteiger partial charge >= 0.3 is 5.63 Å². The van der Waals surface area contributed by atoms with Crippen LogP contribution in [-0.4, -0.2) is 12.7 Å². The van der Waals surface area contributed by atoms with Gasteiger partial charge in [-0.1, -0.05) is 17.7 Å². The highest BCUT2D eigenvalue weighted by atomic mass is 32.1. The number of thiophene rings is 1. The minimum absolute atomic E-state index is 0.211. The van der Waals surface area contributed by atoms with E-state index in [1.807, 2.05) is 37.3 Å². The molecule has 0 spiro atoms. The molecule has 140 valence electrons. The van der Waals surface area contributed by atoms with E-state index in [0.29, 0.717) is 33.9 Å². The van der Waals surface area contributed by atoms with Crippen LogP contribution in [0.25, 0.3) is 21.1 Å². The van der Waals surface area contributed by atoms with Gasteiger partial charge in [-0.15, -0.1) is 11.3 Å². The lowest BCUT2D eigenvalue weighted by molar-refractivity contribution is 0.0955. The number of carbonyl (C=O) groups is 1. The molecular weight excluding hydrogens is 378 g/mol. The first-order valence-electron chi connectivity index (χ1n) is 8.72. The number of aryl methyl sites for hydroxylation is 1. The number of hydrogen-bond donors (Lipinski definition) is 1. The molecule has 1 amide bonds. The molecule has 0 saturated carbocycles. The fraction of sp³-hybridized carbons (Fsp3) is 0.143. The minimum atomic E-state index is -0.433. The van der Waals surface area contributed by atoms with Crippen molar-refractivity contribution in [2.45, 2.75) is 13.5 Å². The van der Waals surface area contributed by atoms with Crippen molar-refractivity contribution in [1.29, 1.82) is 0 Å². The van der Waals surface area contributed by atoms with Crippen molar-refractivity contribution in [1.82, 2.24) is 5.32 Å². The van der Waals surface area contributed by atoms with Gasteiger partial charge in [-0.3, -0.25) is 4.79 Å². The van der Waals surface area contributed by atoms with Crippen LogP contribution in [0.5, 0.6) is 11.5 Å². The first-order valence-corrected chi connectivity index (χ1v) is 9.54. The summed E-state index contributed by atoms with van der Waals surface area (Å²) in [5.41, 5.74) is 2.05. The highest BCUT2D eigenvalue weighted by molar-refractivity contribution is 7.21. The maximum Gasteiger partial charge on any atom is 0.345 e. The highest BCUT2D eigenvalue weighted by Crippen LogP contribution is 2.33. The normalized spacial score (nSPS) is 12.6. The summed E-state index contributed by atoms with van der Waals surface area (Å²) >= 11 is 1.30. The van der Waals surface area contributed by atoms with Crippen LogP contribution in [0.4, 0.5) is 0 Å². The van der Waals surface area contributed by atoms with Gasteiger partial charge in [-0.2, -0.15) is 0 Å². The minimum Gasteiger partial charge on any atom is -0.454 e. The molecule has 1 aliphatic rings. The zero-order valence-electron chi connectivity index (χ0n) is 14.9. The van der Waals surface area contributed by atoms with Crippen LogP contribution >= 0.6 is 11.3 Å². The number of carbonyl (C=O) groups excluding carboxylic acids is 1. The summed E-state index contributed by atoms with van der Waals surface area (Å²) < 4.78 is 16.8. The third-order valence-corrected chi connectivity index (χ3v) is 5.82. The molecule has 0 fully saturated rings. The Balaban J connectivity index is 1.45. The van der Waals surface area contributed by atoms with Crippen molar-refractivity contribution >= 4 is 38.3 Å². The molecule has 0 bridgehead atoms. The lowest BCUT2D eigenvalue weighted by Crippen LogP contribution is -2.21. The Kier molecular flexibility index (Phi) is 3.84. The van der Waals surface area contributed by atoms with Gasteiger partial charge in [0, 0.05) is 11.9 Å². The number of amides is 1. The second-order valence-corrected chi connectivity index (χ2v) is 7.67. The van der Waals surface area contributed by atoms with E-state index in [-0.39, 0.29) is 12.7 Å². The molecule has 2 aromatic heterocycles. The van der Waals surface area contributed by atoms with Crippen LogP contribution in [0.2, 0.25) is 0 Å². The Morgan fingerprint density at radius 2 is 1.93 bits per heavy atom. The third-order valence-electron chi connectivity index (χ3n) is 4.65. The van der Waals surface area contributed by atoms with E-state index in [4.69, 9.17) is 13.9 Å². The number of hydrogen-bond acceptors (Lipinski definition) is 6. The zero-order chi connectivity index (χ0) is 19.3. The number of ether oxygens (including phenoxy) is 2. The molecule has 7 heteroatoms. The lowest BCUT2D eigenvalue weighted by atomic mass is 10.1. The van der Waals surface area contributed by atoms with Gasteiger partial charge in [-0.05, 0) is 42.8 Å². The van der Waals surface area contributed by atoms with E-state index >= 15 is 0 Å². The van der Waals surface area contributed by atoms with E-state index in [1.54, 1.807) is 12.1 Å². The fourth-order valence-electron chi connectivity index (χ4n) is 3.24. The highest BCUT2D eigenvalue weighted by Gasteiger charge is 2.17. The third kappa shape index (κ3) is 2.80. The topological polar surface area (TPSA) is 77.8 Å². The van der Waals surface area contributed by atoms with Gasteiger partial charge in [0.2, 0.25) is 6.79 Å². The largest absolute Gasteiger partial charge is 0.454 e. The van der Waals surface area contributed by atoms with Gasteiger partial charge < -0.3 is 19.2 Å². The monoisotopic (exact) mass is 393 g/mol. The Bertz CT molecular complexity index is 1300. The quantitative estimate of drug-likeness (QED) is 0.533. The standard InChI is InChI=1S/C21H15NO5S/c1-11-2-4-15-13(6-11)19-14(21(24)27-15)8-18(28-19)20(23)22-9-12-3-5-16-17(7-12)26-10-25-16/h2-8H,9-10H2,1H3,(H,22,23). The van der Waals surface area contributed by atoms with Crippen LogP contribution in [0.1, 0.15) is 20.8 Å². The average molecular weight is 393 g/mol. The summed E-state index contributed by atoms with van der Waals surface area (Å²) in [6, 6.07) is 12.8. The molecule has 0 saturated heterocycles. The molecule has 0 radical (unpaired) electrons. The predicted octanol–water partition coefficient (Wildman–Crippen LogP) is 3.97. The van der Waals surface area contributed by atoms with Crippen molar-refractivity contribution < 1.29 is 18.7 Å². The molecule has 4 aromatic rings. The number of fused-ring (bicyclic) bond motifs is 4. The van der Waals surface area contributed by atoms with Gasteiger partial charge in [0.25, 0.3) is 5.91 Å². The summed E-state index contributed by atoms with van der Waals surface area (Å²) in [7, 11) is 0. The van der Waals surface area contributed by atoms with Crippen molar-refractivity contribution in [2.24, 2.45) is 0 Å². The fourth-order valence-corrected chi connectivity index (χ4v) is 4.32. The Hall–Kier alpha value is -3.32. The maximum absolute atomic E-state index is 12.6. The van der Waals surface area contributed by atoms with E-state index in [1.165, 1.54) is 11.3 Å². The second kappa shape index (κ2) is 6.38. The van der Waals surface area contributed by atoms with Crippen LogP contribution in [0, 0.1) is 6.92 Å². The molecule has 1 N–H and O–H groups in total. The molecule has 0 unspecified atom stereocenters. The molecular formula is C21H15NO5S. The van der Waals surface area contributed by atoms with Gasteiger partial charge in [0.05, 0.1) is 15.0 Å². The maximum atomic E-state index is 12.6. The SMILES string of the molecule is Cc1ccc2oc(=O)c3cc(C(=O)NCc4ccc5c(c4)OCO5)sc3c2c1. The smallest absolute Gasteiger partial charge is 0.345 e. The van der Waals surface area contributed by atoms with Gasteiger partial charge in [0.1, 0.15) is 5.58 Å². The number of benzene rings is 2. The van der Waals surface area contributed by atoms with Gasteiger partial charge in [-0.25, -0.2) is 4.79 Å². The molecule has 28 heavy (non-hydrogen) atoms. The Morgan fingerprint density at radius 3 is 2.82 bits per heavy atom. The molecule has 3 heterocycles. The molecule has 0 aliphatic carbocycles. The van der Waals surface area contributed by atoms with Crippen LogP contribution in [-0.2, 0) is 6.54 Å². The number of nitrogens with one attached hydrogen (secondary N) is 1. The van der Waals surface area contributed by atoms with Crippen molar-refractivity contribution in [2.75, 3.05) is 6.79 Å². The summed E-state index contributed by atoms with van der Waals surface area (Å²) in [6.45, 7) is 2.53. The lowest BCUT2D eigenvalue weighted by Gasteiger charge is -2.05. The summed E-state index contributed by atoms with van der Waals surface area (Å²) in [4.78, 5) is 25.4. The van der Waals surface area contributed by atoms with E-state index < -0.39 is 5.63 Å². The second-order valence-electron chi connectivity index (χ2n) is 6.61. The van der Waals surface area contributed by atoms with Gasteiger partial charge in [0.15, 0.2) is 11.5 Å². The molecule has 0 atom stereocenters. The Morgan fingerprint density at radius 1 is 1.07 bits per heavy atom. The van der Waals surface area contributed by atoms with E-state index in [9.17, 15) is 9.59 Å². The molecule has 6 nitrogen and oxygen atoms in total. The first-order chi connectivity index (χ1) is 13.6. The predicted molar refractivity (Wildman–Crippen MR) is 106 cm³/mol.